The van der Waals surface area contributed by atoms with Crippen LogP contribution < -0.4 is 5.32 Å². The van der Waals surface area contributed by atoms with Gasteiger partial charge in [0.25, 0.3) is 0 Å². The van der Waals surface area contributed by atoms with Crippen LogP contribution in [0.3, 0.4) is 0 Å². The zero-order chi connectivity index (χ0) is 14.1. The smallest absolute Gasteiger partial charge is 0.220 e. The Morgan fingerprint density at radius 2 is 2.21 bits per heavy atom. The molecule has 0 saturated heterocycles. The Labute approximate surface area is 125 Å². The molecule has 1 aromatic heterocycles. The highest BCUT2D eigenvalue weighted by molar-refractivity contribution is 7.09. The molecule has 0 fully saturated rings. The molecule has 1 aromatic rings. The van der Waals surface area contributed by atoms with Gasteiger partial charge in [0.2, 0.25) is 5.91 Å². The number of carbonyl (C=O) groups is 1. The van der Waals surface area contributed by atoms with Crippen molar-refractivity contribution in [2.75, 3.05) is 12.4 Å². The predicted octanol–water partition coefficient (Wildman–Crippen LogP) is 4.23. The average Bonchev–Trinajstić information content (AvgIpc) is 2.87. The molecule has 1 heterocycles. The number of amides is 1. The topological polar surface area (TPSA) is 29.1 Å². The lowest BCUT2D eigenvalue weighted by molar-refractivity contribution is -0.121. The summed E-state index contributed by atoms with van der Waals surface area (Å²) in [6.45, 7) is 5.08. The summed E-state index contributed by atoms with van der Waals surface area (Å²) >= 11 is 7.46. The minimum Gasteiger partial charge on any atom is -0.356 e. The molecule has 0 aliphatic rings. The Morgan fingerprint density at radius 3 is 2.84 bits per heavy atom. The fraction of sp³-hybridized carbons (Fsp3) is 0.667. The molecule has 0 saturated carbocycles. The molecule has 1 N–H and O–H groups in total. The van der Waals surface area contributed by atoms with E-state index in [9.17, 15) is 4.79 Å². The van der Waals surface area contributed by atoms with E-state index < -0.39 is 0 Å². The number of thiophene rings is 1. The van der Waals surface area contributed by atoms with Crippen molar-refractivity contribution in [1.82, 2.24) is 5.32 Å². The fourth-order valence-corrected chi connectivity index (χ4v) is 2.82. The minimum absolute atomic E-state index is 0.137. The van der Waals surface area contributed by atoms with E-state index in [1.54, 1.807) is 11.3 Å². The van der Waals surface area contributed by atoms with Gasteiger partial charge in [-0.2, -0.15) is 0 Å². The lowest BCUT2D eigenvalue weighted by Crippen LogP contribution is -2.34. The first kappa shape index (κ1) is 16.5. The first-order valence-electron chi connectivity index (χ1n) is 6.88. The van der Waals surface area contributed by atoms with Crippen molar-refractivity contribution in [2.24, 2.45) is 5.41 Å². The van der Waals surface area contributed by atoms with Crippen LogP contribution in [0.15, 0.2) is 17.5 Å². The van der Waals surface area contributed by atoms with Gasteiger partial charge in [-0.3, -0.25) is 4.79 Å². The van der Waals surface area contributed by atoms with E-state index in [4.69, 9.17) is 11.6 Å². The normalized spacial score (nSPS) is 11.5. The van der Waals surface area contributed by atoms with Crippen molar-refractivity contribution >= 4 is 28.8 Å². The molecule has 0 radical (unpaired) electrons. The molecule has 0 aliphatic heterocycles. The van der Waals surface area contributed by atoms with Gasteiger partial charge in [0.15, 0.2) is 0 Å². The molecule has 0 bridgehead atoms. The van der Waals surface area contributed by atoms with Crippen LogP contribution in [0.2, 0.25) is 0 Å². The Balaban J connectivity index is 2.13. The summed E-state index contributed by atoms with van der Waals surface area (Å²) in [6.07, 6.45) is 4.59. The monoisotopic (exact) mass is 301 g/mol. The molecular weight excluding hydrogens is 278 g/mol. The summed E-state index contributed by atoms with van der Waals surface area (Å²) in [5.74, 6) is 0.855. The van der Waals surface area contributed by atoms with E-state index in [2.05, 4.69) is 36.7 Å². The number of hydrogen-bond donors (Lipinski definition) is 1. The van der Waals surface area contributed by atoms with Crippen molar-refractivity contribution in [3.05, 3.63) is 22.4 Å². The number of halogens is 1. The van der Waals surface area contributed by atoms with E-state index >= 15 is 0 Å². The maximum absolute atomic E-state index is 11.8. The third kappa shape index (κ3) is 7.58. The predicted molar refractivity (Wildman–Crippen MR) is 84.0 cm³/mol. The van der Waals surface area contributed by atoms with Gasteiger partial charge in [-0.15, -0.1) is 22.9 Å². The van der Waals surface area contributed by atoms with Crippen molar-refractivity contribution in [2.45, 2.75) is 46.0 Å². The third-order valence-electron chi connectivity index (χ3n) is 3.16. The van der Waals surface area contributed by atoms with Crippen molar-refractivity contribution in [1.29, 1.82) is 0 Å². The third-order valence-corrected chi connectivity index (χ3v) is 4.36. The first-order valence-corrected chi connectivity index (χ1v) is 8.30. The highest BCUT2D eigenvalue weighted by atomic mass is 35.5. The Morgan fingerprint density at radius 1 is 1.42 bits per heavy atom. The van der Waals surface area contributed by atoms with E-state index in [-0.39, 0.29) is 11.3 Å². The SMILES string of the molecule is CC(C)(CCCCl)CNC(=O)CCCc1cccs1. The molecule has 19 heavy (non-hydrogen) atoms. The van der Waals surface area contributed by atoms with Crippen LogP contribution in [-0.2, 0) is 11.2 Å². The minimum atomic E-state index is 0.137. The van der Waals surface area contributed by atoms with Crippen molar-refractivity contribution in [3.63, 3.8) is 0 Å². The summed E-state index contributed by atoms with van der Waals surface area (Å²) in [7, 11) is 0. The number of nitrogens with one attached hydrogen (secondary N) is 1. The molecule has 1 amide bonds. The second-order valence-electron chi connectivity index (χ2n) is 5.67. The summed E-state index contributed by atoms with van der Waals surface area (Å²) in [4.78, 5) is 13.1. The van der Waals surface area contributed by atoms with Crippen LogP contribution in [0.4, 0.5) is 0 Å². The van der Waals surface area contributed by atoms with E-state index in [0.717, 1.165) is 32.2 Å². The van der Waals surface area contributed by atoms with Gasteiger partial charge in [-0.05, 0) is 42.5 Å². The van der Waals surface area contributed by atoms with Crippen molar-refractivity contribution < 1.29 is 4.79 Å². The van der Waals surface area contributed by atoms with Gasteiger partial charge in [-0.25, -0.2) is 0 Å². The van der Waals surface area contributed by atoms with Gasteiger partial charge >= 0.3 is 0 Å². The van der Waals surface area contributed by atoms with Crippen LogP contribution in [0.5, 0.6) is 0 Å². The standard InChI is InChI=1S/C15H24ClNOS/c1-15(2,9-5-10-16)12-17-14(18)8-3-6-13-7-4-11-19-13/h4,7,11H,3,5-6,8-10,12H2,1-2H3,(H,17,18). The van der Waals surface area contributed by atoms with E-state index in [1.807, 2.05) is 0 Å². The van der Waals surface area contributed by atoms with E-state index in [1.165, 1.54) is 4.88 Å². The number of carbonyl (C=O) groups excluding carboxylic acids is 1. The number of aryl methyl sites for hydroxylation is 1. The molecule has 4 heteroatoms. The second kappa shape index (κ2) is 8.60. The molecule has 108 valence electrons. The maximum Gasteiger partial charge on any atom is 0.220 e. The Kier molecular flexibility index (Phi) is 7.47. The van der Waals surface area contributed by atoms with Crippen LogP contribution in [0.1, 0.15) is 44.4 Å². The number of hydrogen-bond acceptors (Lipinski definition) is 2. The van der Waals surface area contributed by atoms with Crippen LogP contribution in [0, 0.1) is 5.41 Å². The Hall–Kier alpha value is -0.540. The van der Waals surface area contributed by atoms with Gasteiger partial charge in [-0.1, -0.05) is 19.9 Å². The van der Waals surface area contributed by atoms with E-state index in [0.29, 0.717) is 12.3 Å². The lowest BCUT2D eigenvalue weighted by Gasteiger charge is -2.24. The highest BCUT2D eigenvalue weighted by Gasteiger charge is 2.17. The largest absolute Gasteiger partial charge is 0.356 e. The Bertz CT molecular complexity index is 362. The second-order valence-corrected chi connectivity index (χ2v) is 7.08. The summed E-state index contributed by atoms with van der Waals surface area (Å²) in [5.41, 5.74) is 0.137. The summed E-state index contributed by atoms with van der Waals surface area (Å²) < 4.78 is 0. The van der Waals surface area contributed by atoms with Crippen molar-refractivity contribution in [3.8, 4) is 0 Å². The van der Waals surface area contributed by atoms with Crippen LogP contribution in [0.25, 0.3) is 0 Å². The molecule has 2 nitrogen and oxygen atoms in total. The molecular formula is C15H24ClNOS. The lowest BCUT2D eigenvalue weighted by atomic mass is 9.88. The van der Waals surface area contributed by atoms with Gasteiger partial charge in [0, 0.05) is 23.7 Å². The zero-order valence-corrected chi connectivity index (χ0v) is 13.4. The van der Waals surface area contributed by atoms with Crippen LogP contribution in [-0.4, -0.2) is 18.3 Å². The maximum atomic E-state index is 11.8. The number of rotatable bonds is 9. The first-order chi connectivity index (χ1) is 9.03. The van der Waals surface area contributed by atoms with Gasteiger partial charge in [0.1, 0.15) is 0 Å². The van der Waals surface area contributed by atoms with Crippen LogP contribution >= 0.6 is 22.9 Å². The molecule has 0 atom stereocenters. The molecule has 0 unspecified atom stereocenters. The average molecular weight is 302 g/mol. The summed E-state index contributed by atoms with van der Waals surface area (Å²) in [5, 5.41) is 5.11. The highest BCUT2D eigenvalue weighted by Crippen LogP contribution is 2.21. The zero-order valence-electron chi connectivity index (χ0n) is 11.9. The fourth-order valence-electron chi connectivity index (χ4n) is 1.94. The summed E-state index contributed by atoms with van der Waals surface area (Å²) in [6, 6.07) is 4.18. The molecule has 0 aliphatic carbocycles. The van der Waals surface area contributed by atoms with Gasteiger partial charge < -0.3 is 5.32 Å². The quantitative estimate of drug-likeness (QED) is 0.679. The molecule has 0 aromatic carbocycles. The molecule has 0 spiro atoms. The van der Waals surface area contributed by atoms with Gasteiger partial charge in [0.05, 0.1) is 0 Å². The molecule has 1 rings (SSSR count). The number of alkyl halides is 1.